The van der Waals surface area contributed by atoms with Crippen LogP contribution in [0.2, 0.25) is 0 Å². The lowest BCUT2D eigenvalue weighted by Gasteiger charge is -2.36. The maximum Gasteiger partial charge on any atom is 0.416 e. The zero-order valence-electron chi connectivity index (χ0n) is 17.5. The summed E-state index contributed by atoms with van der Waals surface area (Å²) in [5.74, 6) is -0.215. The van der Waals surface area contributed by atoms with Gasteiger partial charge in [0.25, 0.3) is 0 Å². The molecule has 1 saturated heterocycles. The van der Waals surface area contributed by atoms with Crippen LogP contribution >= 0.6 is 0 Å². The van der Waals surface area contributed by atoms with E-state index in [-0.39, 0.29) is 23.6 Å². The first-order valence-electron chi connectivity index (χ1n) is 9.98. The number of carbonyl (C=O) groups excluding carboxylic acids is 1. The summed E-state index contributed by atoms with van der Waals surface area (Å²) in [4.78, 5) is 13.9. The highest BCUT2D eigenvalue weighted by molar-refractivity contribution is 5.76. The van der Waals surface area contributed by atoms with Gasteiger partial charge in [0.1, 0.15) is 17.6 Å². The average molecular weight is 438 g/mol. The van der Waals surface area contributed by atoms with Crippen LogP contribution in [0.5, 0.6) is 5.75 Å². The van der Waals surface area contributed by atoms with Crippen LogP contribution in [0.15, 0.2) is 24.3 Å². The van der Waals surface area contributed by atoms with Gasteiger partial charge in [-0.2, -0.15) is 13.2 Å². The number of phenolic OH excluding ortho intramolecular Hbond substituents is 1. The van der Waals surface area contributed by atoms with Crippen LogP contribution in [0.1, 0.15) is 30.9 Å². The number of halogens is 3. The number of piperidine rings is 1. The van der Waals surface area contributed by atoms with E-state index >= 15 is 0 Å². The average Bonchev–Trinajstić information content (AvgIpc) is 2.68. The molecular formula is C21H25F3N4O3. The van der Waals surface area contributed by atoms with E-state index in [0.29, 0.717) is 42.7 Å². The second-order valence-electron chi connectivity index (χ2n) is 7.62. The molecule has 1 aromatic carbocycles. The lowest BCUT2D eigenvalue weighted by atomic mass is 9.98. The van der Waals surface area contributed by atoms with E-state index < -0.39 is 17.5 Å². The van der Waals surface area contributed by atoms with Gasteiger partial charge in [-0.25, -0.2) is 0 Å². The molecule has 2 N–H and O–H groups in total. The van der Waals surface area contributed by atoms with Gasteiger partial charge in [0.15, 0.2) is 0 Å². The van der Waals surface area contributed by atoms with Crippen molar-refractivity contribution in [1.82, 2.24) is 15.1 Å². The number of likely N-dealkylation sites (N-methyl/N-ethyl adjacent to an activating group) is 1. The van der Waals surface area contributed by atoms with Crippen LogP contribution in [0.3, 0.4) is 0 Å². The van der Waals surface area contributed by atoms with E-state index in [4.69, 9.17) is 4.74 Å². The number of benzene rings is 1. The summed E-state index contributed by atoms with van der Waals surface area (Å²) in [5, 5.41) is 21.6. The number of nitrogens with zero attached hydrogens (tertiary/aromatic N) is 3. The van der Waals surface area contributed by atoms with E-state index in [9.17, 15) is 23.1 Å². The Labute approximate surface area is 178 Å². The molecule has 0 radical (unpaired) electrons. The number of rotatable bonds is 5. The highest BCUT2D eigenvalue weighted by atomic mass is 19.4. The Morgan fingerprint density at radius 2 is 2.03 bits per heavy atom. The zero-order valence-corrected chi connectivity index (χ0v) is 17.5. The molecule has 1 aromatic heterocycles. The molecule has 3 rings (SSSR count). The monoisotopic (exact) mass is 438 g/mol. The molecule has 31 heavy (non-hydrogen) atoms. The van der Waals surface area contributed by atoms with Gasteiger partial charge in [0.2, 0.25) is 0 Å². The van der Waals surface area contributed by atoms with Gasteiger partial charge in [0.05, 0.1) is 17.9 Å². The van der Waals surface area contributed by atoms with Crippen LogP contribution in [-0.2, 0) is 15.7 Å². The number of hydrogen-bond acceptors (Lipinski definition) is 7. The fourth-order valence-corrected chi connectivity index (χ4v) is 3.74. The minimum absolute atomic E-state index is 0.0506. The Morgan fingerprint density at radius 1 is 1.29 bits per heavy atom. The maximum absolute atomic E-state index is 12.8. The summed E-state index contributed by atoms with van der Waals surface area (Å²) < 4.78 is 43.5. The van der Waals surface area contributed by atoms with Crippen molar-refractivity contribution in [3.63, 3.8) is 0 Å². The second kappa shape index (κ2) is 9.09. The molecule has 0 aliphatic carbocycles. The standard InChI is InChI=1S/C21H25F3N4O3/c1-4-31-20(30)16-8-6-14(11-28(16)3)25-18-9-12(2)19(27-26-18)15-7-5-13(10-17(15)29)21(22,23)24/h5,7,9-10,14,16,29H,4,6,8,11H2,1-3H3,(H,25,26)/t14-,16-/m1/s1. The number of aromatic hydroxyl groups is 1. The lowest BCUT2D eigenvalue weighted by Crippen LogP contribution is -2.49. The summed E-state index contributed by atoms with van der Waals surface area (Å²) in [6.45, 7) is 4.49. The molecular weight excluding hydrogens is 413 g/mol. The van der Waals surface area contributed by atoms with E-state index in [1.165, 1.54) is 6.07 Å². The first-order chi connectivity index (χ1) is 14.6. The van der Waals surface area contributed by atoms with Crippen LogP contribution in [0.25, 0.3) is 11.3 Å². The van der Waals surface area contributed by atoms with E-state index in [2.05, 4.69) is 15.5 Å². The molecule has 1 aliphatic rings. The van der Waals surface area contributed by atoms with Gasteiger partial charge in [-0.1, -0.05) is 0 Å². The van der Waals surface area contributed by atoms with Crippen molar-refractivity contribution in [2.24, 2.45) is 0 Å². The molecule has 1 fully saturated rings. The summed E-state index contributed by atoms with van der Waals surface area (Å²) in [5.41, 5.74) is 0.209. The number of aryl methyl sites for hydroxylation is 1. The quantitative estimate of drug-likeness (QED) is 0.690. The Bertz CT molecular complexity index is 952. The number of esters is 1. The molecule has 168 valence electrons. The lowest BCUT2D eigenvalue weighted by molar-refractivity contribution is -0.150. The third-order valence-corrected chi connectivity index (χ3v) is 5.30. The maximum atomic E-state index is 12.8. The minimum atomic E-state index is -4.54. The third-order valence-electron chi connectivity index (χ3n) is 5.30. The number of likely N-dealkylation sites (tertiary alicyclic amines) is 1. The fourth-order valence-electron chi connectivity index (χ4n) is 3.74. The molecule has 0 bridgehead atoms. The van der Waals surface area contributed by atoms with Gasteiger partial charge in [-0.3, -0.25) is 9.69 Å². The van der Waals surface area contributed by atoms with Crippen molar-refractivity contribution in [3.8, 4) is 17.0 Å². The van der Waals surface area contributed by atoms with Crippen LogP contribution < -0.4 is 5.32 Å². The summed E-state index contributed by atoms with van der Waals surface area (Å²) in [6, 6.07) is 4.29. The third kappa shape index (κ3) is 5.25. The number of nitrogens with one attached hydrogen (secondary N) is 1. The molecule has 0 amide bonds. The normalized spacial score (nSPS) is 19.8. The first kappa shape index (κ1) is 22.8. The van der Waals surface area contributed by atoms with E-state index in [1.54, 1.807) is 19.9 Å². The molecule has 7 nitrogen and oxygen atoms in total. The van der Waals surface area contributed by atoms with Crippen molar-refractivity contribution < 1.29 is 27.8 Å². The second-order valence-corrected chi connectivity index (χ2v) is 7.62. The summed E-state index contributed by atoms with van der Waals surface area (Å²) >= 11 is 0. The molecule has 1 aliphatic heterocycles. The van der Waals surface area contributed by atoms with Crippen LogP contribution in [0, 0.1) is 6.92 Å². The van der Waals surface area contributed by atoms with Gasteiger partial charge in [-0.05, 0) is 63.6 Å². The van der Waals surface area contributed by atoms with E-state index in [0.717, 1.165) is 12.5 Å². The number of carbonyl (C=O) groups is 1. The molecule has 0 saturated carbocycles. The van der Waals surface area contributed by atoms with Crippen molar-refractivity contribution in [2.75, 3.05) is 25.5 Å². The molecule has 0 spiro atoms. The molecule has 2 heterocycles. The highest BCUT2D eigenvalue weighted by Crippen LogP contribution is 2.36. The predicted octanol–water partition coefficient (Wildman–Crippen LogP) is 3.61. The first-order valence-corrected chi connectivity index (χ1v) is 9.98. The number of aromatic nitrogens is 2. The van der Waals surface area contributed by atoms with Crippen molar-refractivity contribution in [3.05, 3.63) is 35.4 Å². The Kier molecular flexibility index (Phi) is 6.68. The number of ether oxygens (including phenoxy) is 1. The SMILES string of the molecule is CCOC(=O)[C@H]1CC[C@@H](Nc2cc(C)c(-c3ccc(C(F)(F)F)cc3O)nn2)CN1C. The van der Waals surface area contributed by atoms with Gasteiger partial charge in [-0.15, -0.1) is 10.2 Å². The van der Waals surface area contributed by atoms with Crippen LogP contribution in [0.4, 0.5) is 19.0 Å². The number of anilines is 1. The molecule has 2 aromatic rings. The Balaban J connectivity index is 1.70. The summed E-state index contributed by atoms with van der Waals surface area (Å²) in [7, 11) is 1.86. The fraction of sp³-hybridized carbons (Fsp3) is 0.476. The number of phenols is 1. The number of hydrogen-bond donors (Lipinski definition) is 2. The molecule has 0 unspecified atom stereocenters. The summed E-state index contributed by atoms with van der Waals surface area (Å²) in [6.07, 6.45) is -3.14. The predicted molar refractivity (Wildman–Crippen MR) is 109 cm³/mol. The molecule has 2 atom stereocenters. The van der Waals surface area contributed by atoms with Crippen LogP contribution in [-0.4, -0.2) is 58.5 Å². The Morgan fingerprint density at radius 3 is 2.61 bits per heavy atom. The molecule has 10 heteroatoms. The highest BCUT2D eigenvalue weighted by Gasteiger charge is 2.32. The van der Waals surface area contributed by atoms with Gasteiger partial charge in [0, 0.05) is 18.2 Å². The minimum Gasteiger partial charge on any atom is -0.507 e. The zero-order chi connectivity index (χ0) is 22.8. The van der Waals surface area contributed by atoms with Crippen molar-refractivity contribution in [2.45, 2.75) is 44.9 Å². The van der Waals surface area contributed by atoms with E-state index in [1.807, 2.05) is 11.9 Å². The largest absolute Gasteiger partial charge is 0.507 e. The van der Waals surface area contributed by atoms with Crippen molar-refractivity contribution in [1.29, 1.82) is 0 Å². The van der Waals surface area contributed by atoms with Crippen molar-refractivity contribution >= 4 is 11.8 Å². The Hall–Kier alpha value is -2.88. The van der Waals surface area contributed by atoms with Gasteiger partial charge < -0.3 is 15.2 Å². The topological polar surface area (TPSA) is 87.6 Å². The van der Waals surface area contributed by atoms with Gasteiger partial charge >= 0.3 is 12.1 Å². The smallest absolute Gasteiger partial charge is 0.416 e. The number of alkyl halides is 3.